The summed E-state index contributed by atoms with van der Waals surface area (Å²) in [7, 11) is -1.56. The van der Waals surface area contributed by atoms with Crippen LogP contribution in [0.2, 0.25) is 0 Å². The molecule has 0 radical (unpaired) electrons. The van der Waals surface area contributed by atoms with E-state index < -0.39 is 134 Å². The van der Waals surface area contributed by atoms with Crippen molar-refractivity contribution in [3.8, 4) is 0 Å². The molecule has 0 aliphatic carbocycles. The number of aliphatic hydroxyl groups is 8. The zero-order valence-corrected chi connectivity index (χ0v) is 26.0. The maximum absolute atomic E-state index is 12.0. The number of aromatic amines is 1. The molecule has 0 saturated carbocycles. The van der Waals surface area contributed by atoms with Crippen molar-refractivity contribution < 1.29 is 78.0 Å². The number of hydrogen-bond donors (Lipinski definition) is 10. The largest absolute Gasteiger partial charge is 0.394 e. The number of carbonyl (C=O) groups excluding carboxylic acids is 1. The van der Waals surface area contributed by atoms with Crippen LogP contribution in [0.5, 0.6) is 0 Å². The van der Waals surface area contributed by atoms with Crippen LogP contribution in [0.3, 0.4) is 0 Å². The van der Waals surface area contributed by atoms with Crippen LogP contribution in [-0.4, -0.2) is 156 Å². The lowest BCUT2D eigenvalue weighted by Gasteiger charge is -2.47. The van der Waals surface area contributed by atoms with E-state index in [4.69, 9.17) is 32.3 Å². The molecule has 3 fully saturated rings. The normalized spacial score (nSPS) is 40.3. The molecular formula is C23H37N3O18P2. The lowest BCUT2D eigenvalue weighted by Crippen LogP contribution is -2.67. The maximum Gasteiger partial charge on any atom is 0.330 e. The highest BCUT2D eigenvalue weighted by Crippen LogP contribution is 2.36. The molecule has 1 aromatic heterocycles. The van der Waals surface area contributed by atoms with Crippen LogP contribution >= 0.6 is 18.1 Å². The van der Waals surface area contributed by atoms with Crippen LogP contribution < -0.4 is 16.6 Å². The molecule has 2 unspecified atom stereocenters. The van der Waals surface area contributed by atoms with Crippen LogP contribution in [-0.2, 0) is 37.1 Å². The first kappa shape index (κ1) is 37.2. The van der Waals surface area contributed by atoms with E-state index in [0.717, 1.165) is 23.8 Å². The molecule has 0 spiro atoms. The molecule has 21 nitrogen and oxygen atoms in total. The average molecular weight is 706 g/mol. The fraction of sp³-hybridized carbons (Fsp3) is 0.783. The molecular weight excluding hydrogens is 668 g/mol. The fourth-order valence-electron chi connectivity index (χ4n) is 5.01. The Morgan fingerprint density at radius 1 is 0.891 bits per heavy atom. The van der Waals surface area contributed by atoms with E-state index in [1.54, 1.807) is 0 Å². The topological polar surface area (TPSA) is 310 Å². The minimum Gasteiger partial charge on any atom is -0.394 e. The minimum absolute atomic E-state index is 0.294. The Bertz CT molecular complexity index is 1260. The van der Waals surface area contributed by atoms with E-state index >= 15 is 0 Å². The Morgan fingerprint density at radius 3 is 2.20 bits per heavy atom. The number of H-pyrrole nitrogens is 1. The Hall–Kier alpha value is -1.59. The van der Waals surface area contributed by atoms with E-state index in [0.29, 0.717) is 0 Å². The molecule has 4 heterocycles. The van der Waals surface area contributed by atoms with Crippen molar-refractivity contribution in [2.24, 2.45) is 0 Å². The van der Waals surface area contributed by atoms with Gasteiger partial charge in [-0.15, -0.1) is 0 Å². The highest BCUT2D eigenvalue weighted by molar-refractivity contribution is 7.40. The first-order valence-electron chi connectivity index (χ1n) is 13.8. The zero-order chi connectivity index (χ0) is 33.7. The maximum atomic E-state index is 12.0. The third-order valence-electron chi connectivity index (χ3n) is 7.38. The van der Waals surface area contributed by atoms with Gasteiger partial charge in [-0.2, -0.15) is 0 Å². The number of hydrogen-bond acceptors (Lipinski definition) is 18. The van der Waals surface area contributed by atoms with Gasteiger partial charge in [0.2, 0.25) is 5.91 Å². The number of nitrogens with zero attached hydrogens (tertiary/aromatic N) is 1. The summed E-state index contributed by atoms with van der Waals surface area (Å²) in [5, 5.41) is 83.8. The van der Waals surface area contributed by atoms with Crippen LogP contribution in [0.4, 0.5) is 0 Å². The van der Waals surface area contributed by atoms with Crippen LogP contribution in [0, 0.1) is 0 Å². The van der Waals surface area contributed by atoms with E-state index in [1.165, 1.54) is 0 Å². The molecule has 3 aliphatic rings. The van der Waals surface area contributed by atoms with Crippen molar-refractivity contribution in [3.05, 3.63) is 33.1 Å². The summed E-state index contributed by atoms with van der Waals surface area (Å²) in [4.78, 5) is 37.4. The lowest BCUT2D eigenvalue weighted by atomic mass is 9.95. The molecule has 1 amide bonds. The second-order valence-electron chi connectivity index (χ2n) is 10.5. The highest BCUT2D eigenvalue weighted by atomic mass is 31.2. The summed E-state index contributed by atoms with van der Waals surface area (Å²) < 4.78 is 39.3. The number of rotatable bonds is 13. The molecule has 3 saturated heterocycles. The Balaban J connectivity index is 1.32. The number of aliphatic hydroxyl groups excluding tert-OH is 8. The number of nitrogens with one attached hydrogen (secondary N) is 2. The second-order valence-corrected chi connectivity index (χ2v) is 12.2. The fourth-order valence-corrected chi connectivity index (χ4v) is 6.11. The van der Waals surface area contributed by atoms with Gasteiger partial charge in [-0.3, -0.25) is 23.5 Å². The quantitative estimate of drug-likeness (QED) is 0.0674. The number of ether oxygens (including phenoxy) is 4. The number of carbonyl (C=O) groups is 1. The van der Waals surface area contributed by atoms with E-state index in [1.807, 2.05) is 4.98 Å². The second kappa shape index (κ2) is 16.7. The SMILES string of the molecule is CC(=O)N[C@H]1[C@@H](OPOPOC[C@H]2O[C@@H](n3ccc(=O)[nH]c3=O)[C@H](O)[C@@H]2O)O[C@H](CO)[C@H](O)[C@@H]1O[C@@H]1O[C@H](CO)[C@H](O)[C@H](O)[C@H]1O. The molecule has 4 rings (SSSR count). The summed E-state index contributed by atoms with van der Waals surface area (Å²) in [5.74, 6) is -0.617. The summed E-state index contributed by atoms with van der Waals surface area (Å²) in [6, 6.07) is -0.261. The molecule has 0 bridgehead atoms. The number of amides is 1. The molecule has 16 atom stereocenters. The number of aromatic nitrogens is 2. The molecule has 3 aliphatic heterocycles. The van der Waals surface area contributed by atoms with Crippen molar-refractivity contribution >= 4 is 24.0 Å². The van der Waals surface area contributed by atoms with Gasteiger partial charge >= 0.3 is 5.69 Å². The van der Waals surface area contributed by atoms with Gasteiger partial charge in [-0.1, -0.05) is 0 Å². The summed E-state index contributed by atoms with van der Waals surface area (Å²) >= 11 is 0. The molecule has 0 aromatic carbocycles. The Morgan fingerprint density at radius 2 is 1.54 bits per heavy atom. The standard InChI is InChI=1S/C23H37N3O18P2/c1-7(29)24-12-19(42-22-18(36)16(34)13(31)8(4-27)41-22)15(33)9(5-28)40-21(12)43-46-44-45-38-6-10-14(32)17(35)20(39-10)26-3-2-11(30)25-23(26)37/h2-3,8-10,12-22,27-28,31-36,45-46H,4-6H2,1H3,(H,24,29)(H,25,30,37)/t8-,9-,10-,12-,13+,14-,15+,16+,17-,18-,19-,20-,21-,22+/m1/s1. The minimum atomic E-state index is -1.84. The highest BCUT2D eigenvalue weighted by Gasteiger charge is 2.52. The van der Waals surface area contributed by atoms with Gasteiger partial charge in [0, 0.05) is 19.2 Å². The van der Waals surface area contributed by atoms with Gasteiger partial charge < -0.3 is 74.2 Å². The molecule has 1 aromatic rings. The first-order chi connectivity index (χ1) is 21.9. The van der Waals surface area contributed by atoms with Crippen molar-refractivity contribution in [1.29, 1.82) is 0 Å². The van der Waals surface area contributed by atoms with Gasteiger partial charge in [0.1, 0.15) is 67.1 Å². The van der Waals surface area contributed by atoms with Crippen LogP contribution in [0.1, 0.15) is 13.2 Å². The zero-order valence-electron chi connectivity index (χ0n) is 24.0. The van der Waals surface area contributed by atoms with E-state index in [2.05, 4.69) is 5.32 Å². The molecule has 46 heavy (non-hydrogen) atoms. The Labute approximate surface area is 262 Å². The average Bonchev–Trinajstić information content (AvgIpc) is 3.29. The molecule has 262 valence electrons. The van der Waals surface area contributed by atoms with Gasteiger partial charge in [-0.05, 0) is 0 Å². The van der Waals surface area contributed by atoms with Crippen molar-refractivity contribution in [2.45, 2.75) is 92.8 Å². The predicted octanol–water partition coefficient (Wildman–Crippen LogP) is -6.01. The van der Waals surface area contributed by atoms with E-state index in [-0.39, 0.29) is 6.61 Å². The first-order valence-corrected chi connectivity index (χ1v) is 15.4. The van der Waals surface area contributed by atoms with E-state index in [9.17, 15) is 55.2 Å². The van der Waals surface area contributed by atoms with Crippen molar-refractivity contribution in [3.63, 3.8) is 0 Å². The van der Waals surface area contributed by atoms with Crippen molar-refractivity contribution in [1.82, 2.24) is 14.9 Å². The summed E-state index contributed by atoms with van der Waals surface area (Å²) in [6.45, 7) is -0.628. The summed E-state index contributed by atoms with van der Waals surface area (Å²) in [6.07, 6.45) is -18.5. The van der Waals surface area contributed by atoms with Gasteiger partial charge in [0.05, 0.1) is 19.8 Å². The third-order valence-corrected chi connectivity index (χ3v) is 8.66. The predicted molar refractivity (Wildman–Crippen MR) is 150 cm³/mol. The summed E-state index contributed by atoms with van der Waals surface area (Å²) in [5.41, 5.74) is -1.51. The monoisotopic (exact) mass is 705 g/mol. The van der Waals surface area contributed by atoms with Gasteiger partial charge in [-0.25, -0.2) is 4.79 Å². The van der Waals surface area contributed by atoms with Crippen LogP contribution in [0.15, 0.2) is 21.9 Å². The molecule has 23 heteroatoms. The van der Waals surface area contributed by atoms with Crippen LogP contribution in [0.25, 0.3) is 0 Å². The third kappa shape index (κ3) is 8.52. The van der Waals surface area contributed by atoms with Gasteiger partial charge in [0.25, 0.3) is 5.56 Å². The smallest absolute Gasteiger partial charge is 0.330 e. The Kier molecular flexibility index (Phi) is 13.5. The lowest BCUT2D eigenvalue weighted by molar-refractivity contribution is -0.339. The molecule has 10 N–H and O–H groups in total. The van der Waals surface area contributed by atoms with Gasteiger partial charge in [0.15, 0.2) is 36.9 Å². The van der Waals surface area contributed by atoms with Crippen molar-refractivity contribution in [2.75, 3.05) is 19.8 Å².